The van der Waals surface area contributed by atoms with Gasteiger partial charge in [0.25, 0.3) is 5.56 Å². The van der Waals surface area contributed by atoms with Gasteiger partial charge in [0.05, 0.1) is 0 Å². The fraction of sp³-hybridized carbons (Fsp3) is 0.556. The Morgan fingerprint density at radius 3 is 2.50 bits per heavy atom. The standard InChI is InChI=1S/C9H14N2OS.Na.H/c1-3-4-5-7-6(2)10-9(13)11-8(7)12;;/h3-5H2,1-2H3,(H2,10,11,12,13);;. The van der Waals surface area contributed by atoms with E-state index in [4.69, 9.17) is 12.2 Å². The van der Waals surface area contributed by atoms with Gasteiger partial charge in [0.2, 0.25) is 0 Å². The Morgan fingerprint density at radius 1 is 1.36 bits per heavy atom. The summed E-state index contributed by atoms with van der Waals surface area (Å²) in [6.07, 6.45) is 2.95. The first-order valence-corrected chi connectivity index (χ1v) is 4.88. The summed E-state index contributed by atoms with van der Waals surface area (Å²) in [5.74, 6) is 0. The number of hydrogen-bond acceptors (Lipinski definition) is 2. The van der Waals surface area contributed by atoms with E-state index in [1.165, 1.54) is 0 Å². The third-order valence-electron chi connectivity index (χ3n) is 2.04. The summed E-state index contributed by atoms with van der Waals surface area (Å²) in [6.45, 7) is 3.99. The second kappa shape index (κ2) is 6.56. The van der Waals surface area contributed by atoms with Crippen LogP contribution in [-0.4, -0.2) is 39.5 Å². The Balaban J connectivity index is 0.00000169. The summed E-state index contributed by atoms with van der Waals surface area (Å²) in [6, 6.07) is 0. The van der Waals surface area contributed by atoms with Crippen molar-refractivity contribution in [2.24, 2.45) is 0 Å². The van der Waals surface area contributed by atoms with E-state index in [-0.39, 0.29) is 35.1 Å². The van der Waals surface area contributed by atoms with Gasteiger partial charge in [0.15, 0.2) is 4.77 Å². The van der Waals surface area contributed by atoms with E-state index in [0.717, 1.165) is 30.5 Å². The number of hydrogen-bond donors (Lipinski definition) is 2. The number of aromatic amines is 2. The molecule has 0 aliphatic carbocycles. The van der Waals surface area contributed by atoms with Crippen LogP contribution in [0, 0.1) is 11.7 Å². The van der Waals surface area contributed by atoms with E-state index in [1.807, 2.05) is 6.92 Å². The third-order valence-corrected chi connectivity index (χ3v) is 2.24. The SMILES string of the molecule is CCCCc1c(C)[nH]c(=S)[nH]c1=O.[NaH]. The molecule has 74 valence electrons. The van der Waals surface area contributed by atoms with Crippen LogP contribution in [0.4, 0.5) is 0 Å². The zero-order valence-electron chi connectivity index (χ0n) is 7.94. The first-order valence-electron chi connectivity index (χ1n) is 4.47. The van der Waals surface area contributed by atoms with Crippen LogP contribution in [0.3, 0.4) is 0 Å². The average molecular weight is 222 g/mol. The molecule has 0 saturated heterocycles. The summed E-state index contributed by atoms with van der Waals surface area (Å²) >= 11 is 4.85. The predicted molar refractivity (Wildman–Crippen MR) is 62.7 cm³/mol. The molecule has 0 radical (unpaired) electrons. The van der Waals surface area contributed by atoms with Crippen molar-refractivity contribution in [2.45, 2.75) is 33.1 Å². The quantitative estimate of drug-likeness (QED) is 0.600. The molecule has 0 bridgehead atoms. The van der Waals surface area contributed by atoms with Crippen molar-refractivity contribution < 1.29 is 0 Å². The van der Waals surface area contributed by atoms with E-state index < -0.39 is 0 Å². The van der Waals surface area contributed by atoms with Crippen LogP contribution in [0.2, 0.25) is 0 Å². The topological polar surface area (TPSA) is 48.6 Å². The van der Waals surface area contributed by atoms with Crippen LogP contribution in [-0.2, 0) is 6.42 Å². The Labute approximate surface area is 111 Å². The molecule has 14 heavy (non-hydrogen) atoms. The molecule has 1 rings (SSSR count). The molecular weight excluding hydrogens is 207 g/mol. The fourth-order valence-corrected chi connectivity index (χ4v) is 1.53. The Kier molecular flexibility index (Phi) is 6.61. The van der Waals surface area contributed by atoms with Crippen LogP contribution in [0.1, 0.15) is 31.0 Å². The number of rotatable bonds is 3. The van der Waals surface area contributed by atoms with Crippen molar-refractivity contribution in [2.75, 3.05) is 0 Å². The molecule has 0 aliphatic heterocycles. The van der Waals surface area contributed by atoms with Crippen molar-refractivity contribution in [1.82, 2.24) is 9.97 Å². The Bertz CT molecular complexity index is 397. The zero-order chi connectivity index (χ0) is 9.84. The minimum absolute atomic E-state index is 0. The number of aromatic nitrogens is 2. The molecular formula is C9H15N2NaOS. The summed E-state index contributed by atoms with van der Waals surface area (Å²) < 4.78 is 0.405. The molecule has 1 aromatic rings. The molecule has 0 amide bonds. The van der Waals surface area contributed by atoms with E-state index >= 15 is 0 Å². The van der Waals surface area contributed by atoms with Gasteiger partial charge >= 0.3 is 29.6 Å². The van der Waals surface area contributed by atoms with Gasteiger partial charge in [-0.05, 0) is 32.0 Å². The first kappa shape index (κ1) is 14.1. The van der Waals surface area contributed by atoms with E-state index in [9.17, 15) is 4.79 Å². The van der Waals surface area contributed by atoms with Crippen LogP contribution in [0.15, 0.2) is 4.79 Å². The summed E-state index contributed by atoms with van der Waals surface area (Å²) in [5, 5.41) is 0. The molecule has 0 saturated carbocycles. The van der Waals surface area contributed by atoms with Crippen molar-refractivity contribution in [1.29, 1.82) is 0 Å². The maximum absolute atomic E-state index is 11.4. The van der Waals surface area contributed by atoms with Crippen LogP contribution < -0.4 is 5.56 Å². The Hall–Kier alpha value is 0.1000. The molecule has 5 heteroatoms. The van der Waals surface area contributed by atoms with Crippen LogP contribution in [0.5, 0.6) is 0 Å². The monoisotopic (exact) mass is 222 g/mol. The summed E-state index contributed by atoms with van der Waals surface area (Å²) in [7, 11) is 0. The van der Waals surface area contributed by atoms with Gasteiger partial charge in [0, 0.05) is 11.3 Å². The first-order chi connectivity index (χ1) is 6.15. The van der Waals surface area contributed by atoms with Crippen molar-refractivity contribution >= 4 is 41.8 Å². The molecule has 3 nitrogen and oxygen atoms in total. The van der Waals surface area contributed by atoms with Crippen molar-refractivity contribution in [3.8, 4) is 0 Å². The molecule has 2 N–H and O–H groups in total. The van der Waals surface area contributed by atoms with E-state index in [2.05, 4.69) is 16.9 Å². The summed E-state index contributed by atoms with van der Waals surface area (Å²) in [4.78, 5) is 17.0. The van der Waals surface area contributed by atoms with Crippen molar-refractivity contribution in [3.63, 3.8) is 0 Å². The van der Waals surface area contributed by atoms with E-state index in [1.54, 1.807) is 0 Å². The van der Waals surface area contributed by atoms with Gasteiger partial charge in [-0.2, -0.15) is 0 Å². The van der Waals surface area contributed by atoms with Gasteiger partial charge in [-0.3, -0.25) is 9.78 Å². The molecule has 0 aliphatic rings. The zero-order valence-corrected chi connectivity index (χ0v) is 8.75. The fourth-order valence-electron chi connectivity index (χ4n) is 1.28. The molecule has 0 unspecified atom stereocenters. The van der Waals surface area contributed by atoms with Gasteiger partial charge in [0.1, 0.15) is 0 Å². The van der Waals surface area contributed by atoms with Gasteiger partial charge in [-0.25, -0.2) is 0 Å². The number of H-pyrrole nitrogens is 2. The van der Waals surface area contributed by atoms with Gasteiger partial charge < -0.3 is 4.98 Å². The van der Waals surface area contributed by atoms with Crippen LogP contribution >= 0.6 is 12.2 Å². The Morgan fingerprint density at radius 2 is 2.00 bits per heavy atom. The van der Waals surface area contributed by atoms with Crippen molar-refractivity contribution in [3.05, 3.63) is 26.4 Å². The minimum atomic E-state index is -0.0466. The molecule has 0 aromatic carbocycles. The number of nitrogens with one attached hydrogen (secondary N) is 2. The maximum atomic E-state index is 11.4. The van der Waals surface area contributed by atoms with Gasteiger partial charge in [-0.15, -0.1) is 0 Å². The summed E-state index contributed by atoms with van der Waals surface area (Å²) in [5.41, 5.74) is 1.67. The molecule has 0 atom stereocenters. The second-order valence-corrected chi connectivity index (χ2v) is 3.52. The molecule has 0 fully saturated rings. The van der Waals surface area contributed by atoms with Gasteiger partial charge in [-0.1, -0.05) is 13.3 Å². The average Bonchev–Trinajstić information content (AvgIpc) is 2.02. The van der Waals surface area contributed by atoms with E-state index in [0.29, 0.717) is 4.77 Å². The normalized spacial score (nSPS) is 9.57. The molecule has 0 spiro atoms. The predicted octanol–water partition coefficient (Wildman–Crippen LogP) is 1.44. The molecule has 1 heterocycles. The number of unbranched alkanes of at least 4 members (excludes halogenated alkanes) is 1. The van der Waals surface area contributed by atoms with Crippen LogP contribution in [0.25, 0.3) is 0 Å². The number of aryl methyl sites for hydroxylation is 1. The molecule has 1 aromatic heterocycles. The second-order valence-electron chi connectivity index (χ2n) is 3.12. The third kappa shape index (κ3) is 3.69.